The van der Waals surface area contributed by atoms with Gasteiger partial charge in [-0.15, -0.1) is 0 Å². The van der Waals surface area contributed by atoms with E-state index in [0.717, 1.165) is 61.8 Å². The van der Waals surface area contributed by atoms with Crippen LogP contribution in [0.1, 0.15) is 25.4 Å². The van der Waals surface area contributed by atoms with Gasteiger partial charge in [0.2, 0.25) is 5.13 Å². The molecule has 1 fully saturated rings. The Morgan fingerprint density at radius 3 is 2.79 bits per heavy atom. The number of hydrogen-bond donors (Lipinski definition) is 2. The Morgan fingerprint density at radius 1 is 1.33 bits per heavy atom. The lowest BCUT2D eigenvalue weighted by molar-refractivity contribution is 0.372. The van der Waals surface area contributed by atoms with Gasteiger partial charge in [-0.3, -0.25) is 5.10 Å². The maximum atomic E-state index is 4.71. The number of aliphatic imine (C=N–C) groups is 1. The first-order chi connectivity index (χ1) is 11.8. The molecule has 3 heterocycles. The molecule has 0 amide bonds. The van der Waals surface area contributed by atoms with Crippen molar-refractivity contribution in [2.75, 3.05) is 37.6 Å². The first-order valence-corrected chi connectivity index (χ1v) is 9.16. The van der Waals surface area contributed by atoms with E-state index < -0.39 is 0 Å². The lowest BCUT2D eigenvalue weighted by atomic mass is 10.3. The number of nitrogens with one attached hydrogen (secondary N) is 2. The number of anilines is 1. The van der Waals surface area contributed by atoms with Crippen molar-refractivity contribution in [3.8, 4) is 0 Å². The van der Waals surface area contributed by atoms with E-state index in [1.807, 2.05) is 6.07 Å². The van der Waals surface area contributed by atoms with Crippen molar-refractivity contribution in [2.24, 2.45) is 4.99 Å². The van der Waals surface area contributed by atoms with E-state index in [1.165, 1.54) is 11.5 Å². The fourth-order valence-electron chi connectivity index (χ4n) is 2.58. The number of aromatic amines is 1. The number of aromatic nitrogens is 4. The Morgan fingerprint density at radius 2 is 2.17 bits per heavy atom. The molecule has 1 saturated heterocycles. The first kappa shape index (κ1) is 16.7. The Kier molecular flexibility index (Phi) is 5.63. The number of H-pyrrole nitrogens is 1. The lowest BCUT2D eigenvalue weighted by Gasteiger charge is -2.36. The van der Waals surface area contributed by atoms with Gasteiger partial charge in [-0.25, -0.2) is 9.98 Å². The minimum Gasteiger partial charge on any atom is -0.357 e. The summed E-state index contributed by atoms with van der Waals surface area (Å²) in [5, 5.41) is 11.3. The highest BCUT2D eigenvalue weighted by atomic mass is 32.1. The van der Waals surface area contributed by atoms with Crippen molar-refractivity contribution in [3.05, 3.63) is 23.8 Å². The second-order valence-electron chi connectivity index (χ2n) is 5.57. The van der Waals surface area contributed by atoms with Crippen molar-refractivity contribution >= 4 is 22.6 Å². The van der Waals surface area contributed by atoms with Crippen LogP contribution >= 0.6 is 11.5 Å². The molecule has 2 aromatic heterocycles. The SMILES string of the molecule is CCNC(=NCc1ccn[nH]1)N1CCN(c2nc(CC)ns2)CC1. The van der Waals surface area contributed by atoms with Gasteiger partial charge in [0.1, 0.15) is 5.82 Å². The van der Waals surface area contributed by atoms with Gasteiger partial charge in [0.05, 0.1) is 12.2 Å². The van der Waals surface area contributed by atoms with Gasteiger partial charge in [0.25, 0.3) is 0 Å². The summed E-state index contributed by atoms with van der Waals surface area (Å²) < 4.78 is 4.38. The topological polar surface area (TPSA) is 85.3 Å². The average Bonchev–Trinajstić information content (AvgIpc) is 3.30. The van der Waals surface area contributed by atoms with Gasteiger partial charge < -0.3 is 15.1 Å². The molecule has 0 unspecified atom stereocenters. The second-order valence-corrected chi connectivity index (χ2v) is 6.30. The van der Waals surface area contributed by atoms with Gasteiger partial charge in [-0.05, 0) is 13.0 Å². The fraction of sp³-hybridized carbons (Fsp3) is 0.600. The third-order valence-electron chi connectivity index (χ3n) is 3.92. The molecule has 0 bridgehead atoms. The third-order valence-corrected chi connectivity index (χ3v) is 4.73. The first-order valence-electron chi connectivity index (χ1n) is 8.39. The molecule has 3 rings (SSSR count). The van der Waals surface area contributed by atoms with E-state index in [-0.39, 0.29) is 0 Å². The molecule has 1 aliphatic heterocycles. The molecule has 130 valence electrons. The number of hydrogen-bond acceptors (Lipinski definition) is 6. The zero-order valence-electron chi connectivity index (χ0n) is 14.2. The predicted octanol–water partition coefficient (Wildman–Crippen LogP) is 1.11. The number of guanidine groups is 1. The molecule has 0 spiro atoms. The molecular formula is C15H24N8S. The molecule has 2 aromatic rings. The van der Waals surface area contributed by atoms with Crippen LogP contribution in [0.4, 0.5) is 5.13 Å². The molecule has 1 aliphatic rings. The molecule has 8 nitrogen and oxygen atoms in total. The van der Waals surface area contributed by atoms with Crippen LogP contribution in [0.25, 0.3) is 0 Å². The Hall–Kier alpha value is -2.16. The van der Waals surface area contributed by atoms with E-state index >= 15 is 0 Å². The molecule has 0 aliphatic carbocycles. The van der Waals surface area contributed by atoms with Gasteiger partial charge in [0, 0.05) is 56.9 Å². The lowest BCUT2D eigenvalue weighted by Crippen LogP contribution is -2.52. The maximum Gasteiger partial charge on any atom is 0.205 e. The van der Waals surface area contributed by atoms with Crippen molar-refractivity contribution in [1.82, 2.24) is 29.8 Å². The summed E-state index contributed by atoms with van der Waals surface area (Å²) in [5.41, 5.74) is 1.02. The summed E-state index contributed by atoms with van der Waals surface area (Å²) in [6, 6.07) is 1.95. The third kappa shape index (κ3) is 4.02. The normalized spacial score (nSPS) is 15.8. The standard InChI is InChI=1S/C15H24N8S/c1-3-13-19-15(24-21-13)23-9-7-22(8-10-23)14(16-4-2)17-11-12-5-6-18-20-12/h5-6H,3-4,7-11H2,1-2H3,(H,16,17)(H,18,20). The zero-order valence-corrected chi connectivity index (χ0v) is 15.0. The highest BCUT2D eigenvalue weighted by Gasteiger charge is 2.22. The Labute approximate surface area is 146 Å². The number of aryl methyl sites for hydroxylation is 1. The summed E-state index contributed by atoms with van der Waals surface area (Å²) in [5.74, 6) is 1.89. The van der Waals surface area contributed by atoms with E-state index in [0.29, 0.717) is 6.54 Å². The largest absolute Gasteiger partial charge is 0.357 e. The van der Waals surface area contributed by atoms with Crippen molar-refractivity contribution < 1.29 is 0 Å². The highest BCUT2D eigenvalue weighted by Crippen LogP contribution is 2.19. The van der Waals surface area contributed by atoms with Crippen LogP contribution in [0.5, 0.6) is 0 Å². The average molecular weight is 348 g/mol. The predicted molar refractivity (Wildman–Crippen MR) is 96.5 cm³/mol. The summed E-state index contributed by atoms with van der Waals surface area (Å²) >= 11 is 1.50. The molecule has 0 radical (unpaired) electrons. The van der Waals surface area contributed by atoms with Gasteiger partial charge in [-0.1, -0.05) is 6.92 Å². The highest BCUT2D eigenvalue weighted by molar-refractivity contribution is 7.09. The van der Waals surface area contributed by atoms with Crippen molar-refractivity contribution in [1.29, 1.82) is 0 Å². The van der Waals surface area contributed by atoms with Crippen LogP contribution in [0.2, 0.25) is 0 Å². The van der Waals surface area contributed by atoms with E-state index in [9.17, 15) is 0 Å². The molecule has 24 heavy (non-hydrogen) atoms. The Balaban J connectivity index is 1.59. The second kappa shape index (κ2) is 8.09. The monoisotopic (exact) mass is 348 g/mol. The molecule has 0 aromatic carbocycles. The summed E-state index contributed by atoms with van der Waals surface area (Å²) in [4.78, 5) is 13.9. The van der Waals surface area contributed by atoms with Gasteiger partial charge in [0.15, 0.2) is 5.96 Å². The van der Waals surface area contributed by atoms with Crippen LogP contribution in [0.3, 0.4) is 0 Å². The summed E-state index contributed by atoms with van der Waals surface area (Å²) in [6.45, 7) is 9.38. The molecule has 0 atom stereocenters. The Bertz CT molecular complexity index is 642. The van der Waals surface area contributed by atoms with Crippen molar-refractivity contribution in [3.63, 3.8) is 0 Å². The van der Waals surface area contributed by atoms with E-state index in [2.05, 4.69) is 48.5 Å². The van der Waals surface area contributed by atoms with Gasteiger partial charge >= 0.3 is 0 Å². The zero-order chi connectivity index (χ0) is 16.8. The van der Waals surface area contributed by atoms with Crippen LogP contribution in [-0.2, 0) is 13.0 Å². The van der Waals surface area contributed by atoms with Crippen LogP contribution in [-0.4, -0.2) is 63.1 Å². The van der Waals surface area contributed by atoms with Gasteiger partial charge in [-0.2, -0.15) is 9.47 Å². The molecule has 0 saturated carbocycles. The minimum absolute atomic E-state index is 0.610. The molecule has 9 heteroatoms. The molecule has 2 N–H and O–H groups in total. The number of piperazine rings is 1. The quantitative estimate of drug-likeness (QED) is 0.622. The summed E-state index contributed by atoms with van der Waals surface area (Å²) in [7, 11) is 0. The van der Waals surface area contributed by atoms with E-state index in [4.69, 9.17) is 4.99 Å². The van der Waals surface area contributed by atoms with Crippen LogP contribution in [0.15, 0.2) is 17.3 Å². The van der Waals surface area contributed by atoms with Crippen molar-refractivity contribution in [2.45, 2.75) is 26.8 Å². The van der Waals surface area contributed by atoms with Crippen LogP contribution in [0, 0.1) is 0 Å². The fourth-order valence-corrected chi connectivity index (χ4v) is 3.39. The maximum absolute atomic E-state index is 4.71. The minimum atomic E-state index is 0.610. The summed E-state index contributed by atoms with van der Waals surface area (Å²) in [6.07, 6.45) is 2.64. The van der Waals surface area contributed by atoms with Crippen LogP contribution < -0.4 is 10.2 Å². The number of rotatable bonds is 5. The smallest absolute Gasteiger partial charge is 0.205 e. The van der Waals surface area contributed by atoms with E-state index in [1.54, 1.807) is 6.20 Å². The number of nitrogens with zero attached hydrogens (tertiary/aromatic N) is 6. The molecular weight excluding hydrogens is 324 g/mol.